The molecule has 0 atom stereocenters. The number of hydrogen-bond acceptors (Lipinski definition) is 4. The van der Waals surface area contributed by atoms with Crippen LogP contribution in [0, 0.1) is 0 Å². The lowest BCUT2D eigenvalue weighted by Gasteiger charge is -2.36. The van der Waals surface area contributed by atoms with Crippen LogP contribution in [0.15, 0.2) is 73.1 Å². The lowest BCUT2D eigenvalue weighted by atomic mass is 9.87. The molecule has 1 fully saturated rings. The third-order valence-corrected chi connectivity index (χ3v) is 5.45. The highest BCUT2D eigenvalue weighted by molar-refractivity contribution is 5.84. The number of aromatic nitrogens is 2. The van der Waals surface area contributed by atoms with Crippen LogP contribution in [0.3, 0.4) is 0 Å². The normalized spacial score (nSPS) is 15.6. The van der Waals surface area contributed by atoms with Crippen LogP contribution in [-0.2, 0) is 23.5 Å². The Labute approximate surface area is 170 Å². The van der Waals surface area contributed by atoms with Gasteiger partial charge in [-0.2, -0.15) is 5.10 Å². The first-order chi connectivity index (χ1) is 14.3. The molecule has 1 aliphatic heterocycles. The Morgan fingerprint density at radius 2 is 1.83 bits per heavy atom. The fourth-order valence-corrected chi connectivity index (χ4v) is 3.79. The Hall–Kier alpha value is -3.12. The van der Waals surface area contributed by atoms with Gasteiger partial charge in [-0.3, -0.25) is 9.48 Å². The molecule has 6 heteroatoms. The van der Waals surface area contributed by atoms with Gasteiger partial charge >= 0.3 is 0 Å². The number of ether oxygens (including phenoxy) is 1. The summed E-state index contributed by atoms with van der Waals surface area (Å²) >= 11 is 0. The van der Waals surface area contributed by atoms with E-state index in [4.69, 9.17) is 4.74 Å². The number of carbonyl (C=O) groups excluding carboxylic acids is 1. The number of rotatable bonds is 7. The minimum atomic E-state index is -0.644. The van der Waals surface area contributed by atoms with E-state index in [1.807, 2.05) is 66.9 Å². The molecule has 1 amide bonds. The van der Waals surface area contributed by atoms with Crippen LogP contribution in [0.4, 0.5) is 0 Å². The van der Waals surface area contributed by atoms with Crippen LogP contribution in [-0.4, -0.2) is 28.8 Å². The summed E-state index contributed by atoms with van der Waals surface area (Å²) < 4.78 is 7.83. The van der Waals surface area contributed by atoms with Gasteiger partial charge in [0.25, 0.3) is 0 Å². The van der Waals surface area contributed by atoms with Crippen molar-refractivity contribution in [2.24, 2.45) is 0 Å². The number of hydrogen-bond donors (Lipinski definition) is 2. The maximum Gasteiger partial charge on any atom is 0.248 e. The maximum absolute atomic E-state index is 13.2. The van der Waals surface area contributed by atoms with Crippen molar-refractivity contribution in [2.45, 2.75) is 31.5 Å². The van der Waals surface area contributed by atoms with Gasteiger partial charge in [-0.05, 0) is 43.6 Å². The summed E-state index contributed by atoms with van der Waals surface area (Å²) in [6.07, 6.45) is 5.03. The van der Waals surface area contributed by atoms with Crippen molar-refractivity contribution >= 4 is 5.91 Å². The van der Waals surface area contributed by atoms with Crippen LogP contribution in [0.1, 0.15) is 24.0 Å². The molecule has 0 aliphatic carbocycles. The summed E-state index contributed by atoms with van der Waals surface area (Å²) in [6, 6.07) is 19.8. The first kappa shape index (κ1) is 19.2. The summed E-state index contributed by atoms with van der Waals surface area (Å²) in [4.78, 5) is 13.2. The molecule has 1 saturated heterocycles. The minimum absolute atomic E-state index is 0.000521. The van der Waals surface area contributed by atoms with E-state index in [9.17, 15) is 4.79 Å². The molecule has 1 aliphatic rings. The molecule has 2 aromatic carbocycles. The summed E-state index contributed by atoms with van der Waals surface area (Å²) in [6.45, 7) is 2.50. The first-order valence-corrected chi connectivity index (χ1v) is 10.0. The highest BCUT2D eigenvalue weighted by atomic mass is 16.5. The summed E-state index contributed by atoms with van der Waals surface area (Å²) in [5.74, 6) is 0.788. The Morgan fingerprint density at radius 3 is 2.59 bits per heavy atom. The molecule has 0 spiro atoms. The van der Waals surface area contributed by atoms with E-state index in [0.29, 0.717) is 26.0 Å². The maximum atomic E-state index is 13.2. The largest absolute Gasteiger partial charge is 0.489 e. The summed E-state index contributed by atoms with van der Waals surface area (Å²) in [7, 11) is 0. The quantitative estimate of drug-likeness (QED) is 0.651. The average molecular weight is 390 g/mol. The molecule has 2 N–H and O–H groups in total. The highest BCUT2D eigenvalue weighted by Gasteiger charge is 2.41. The van der Waals surface area contributed by atoms with E-state index in [2.05, 4.69) is 15.7 Å². The predicted octanol–water partition coefficient (Wildman–Crippen LogP) is 2.86. The van der Waals surface area contributed by atoms with Crippen LogP contribution in [0.5, 0.6) is 5.75 Å². The lowest BCUT2D eigenvalue weighted by Crippen LogP contribution is -2.54. The van der Waals surface area contributed by atoms with Crippen LogP contribution in [0.2, 0.25) is 0 Å². The zero-order valence-corrected chi connectivity index (χ0v) is 16.4. The second kappa shape index (κ2) is 8.92. The van der Waals surface area contributed by atoms with Gasteiger partial charge in [0.1, 0.15) is 17.9 Å². The van der Waals surface area contributed by atoms with E-state index < -0.39 is 5.54 Å². The van der Waals surface area contributed by atoms with E-state index in [-0.39, 0.29) is 5.91 Å². The first-order valence-electron chi connectivity index (χ1n) is 10.0. The number of benzene rings is 2. The second-order valence-electron chi connectivity index (χ2n) is 7.30. The molecule has 0 radical (unpaired) electrons. The van der Waals surface area contributed by atoms with Gasteiger partial charge in [-0.25, -0.2) is 0 Å². The molecule has 1 aromatic heterocycles. The van der Waals surface area contributed by atoms with E-state index in [0.717, 1.165) is 30.0 Å². The van der Waals surface area contributed by atoms with Crippen LogP contribution >= 0.6 is 0 Å². The van der Waals surface area contributed by atoms with Gasteiger partial charge in [0.05, 0.1) is 0 Å². The van der Waals surface area contributed by atoms with Crippen molar-refractivity contribution in [2.75, 3.05) is 13.1 Å². The molecule has 0 saturated carbocycles. The SMILES string of the molecule is O=C(NCc1ccccc1OCc1ccccc1)C1(n2cccn2)CCNCC1. The number of para-hydroxylation sites is 1. The fraction of sp³-hybridized carbons (Fsp3) is 0.304. The molecule has 3 aromatic rings. The lowest BCUT2D eigenvalue weighted by molar-refractivity contribution is -0.132. The fourth-order valence-electron chi connectivity index (χ4n) is 3.79. The van der Waals surface area contributed by atoms with Crippen molar-refractivity contribution in [1.29, 1.82) is 0 Å². The molecular weight excluding hydrogens is 364 g/mol. The van der Waals surface area contributed by atoms with Crippen LogP contribution < -0.4 is 15.4 Å². The van der Waals surface area contributed by atoms with Crippen molar-refractivity contribution < 1.29 is 9.53 Å². The Bertz CT molecular complexity index is 919. The molecule has 150 valence electrons. The molecule has 6 nitrogen and oxygen atoms in total. The highest BCUT2D eigenvalue weighted by Crippen LogP contribution is 2.28. The zero-order chi connectivity index (χ0) is 19.9. The van der Waals surface area contributed by atoms with E-state index in [1.54, 1.807) is 10.9 Å². The smallest absolute Gasteiger partial charge is 0.248 e. The van der Waals surface area contributed by atoms with Crippen molar-refractivity contribution in [3.05, 3.63) is 84.2 Å². The molecule has 4 rings (SSSR count). The molecule has 0 bridgehead atoms. The molecular formula is C23H26N4O2. The second-order valence-corrected chi connectivity index (χ2v) is 7.30. The Morgan fingerprint density at radius 1 is 1.07 bits per heavy atom. The number of nitrogens with one attached hydrogen (secondary N) is 2. The van der Waals surface area contributed by atoms with Gasteiger partial charge < -0.3 is 15.4 Å². The topological polar surface area (TPSA) is 68.2 Å². The van der Waals surface area contributed by atoms with Crippen molar-refractivity contribution in [3.8, 4) is 5.75 Å². The summed E-state index contributed by atoms with van der Waals surface area (Å²) in [5.41, 5.74) is 1.43. The zero-order valence-electron chi connectivity index (χ0n) is 16.4. The van der Waals surface area contributed by atoms with Gasteiger partial charge in [0, 0.05) is 24.5 Å². The van der Waals surface area contributed by atoms with Gasteiger partial charge in [-0.1, -0.05) is 48.5 Å². The van der Waals surface area contributed by atoms with Gasteiger partial charge in [0.2, 0.25) is 5.91 Å². The average Bonchev–Trinajstić information content (AvgIpc) is 3.33. The standard InChI is InChI=1S/C23H26N4O2/c28-22(23(11-14-24-15-12-23)27-16-6-13-26-27)25-17-20-9-4-5-10-21(20)29-18-19-7-2-1-3-8-19/h1-10,13,16,24H,11-12,14-15,17-18H2,(H,25,28). The van der Waals surface area contributed by atoms with E-state index >= 15 is 0 Å². The minimum Gasteiger partial charge on any atom is -0.489 e. The number of carbonyl (C=O) groups is 1. The molecule has 2 heterocycles. The number of nitrogens with zero attached hydrogens (tertiary/aromatic N) is 2. The third kappa shape index (κ3) is 4.32. The molecule has 0 unspecified atom stereocenters. The van der Waals surface area contributed by atoms with Gasteiger partial charge in [-0.15, -0.1) is 0 Å². The predicted molar refractivity (Wildman–Crippen MR) is 111 cm³/mol. The Balaban J connectivity index is 1.45. The van der Waals surface area contributed by atoms with Crippen LogP contribution in [0.25, 0.3) is 0 Å². The number of piperidine rings is 1. The number of amides is 1. The third-order valence-electron chi connectivity index (χ3n) is 5.45. The Kier molecular flexibility index (Phi) is 5.91. The molecule has 29 heavy (non-hydrogen) atoms. The van der Waals surface area contributed by atoms with E-state index in [1.165, 1.54) is 0 Å². The van der Waals surface area contributed by atoms with Gasteiger partial charge in [0.15, 0.2) is 0 Å². The van der Waals surface area contributed by atoms with Crippen molar-refractivity contribution in [1.82, 2.24) is 20.4 Å². The van der Waals surface area contributed by atoms with Crippen molar-refractivity contribution in [3.63, 3.8) is 0 Å². The summed E-state index contributed by atoms with van der Waals surface area (Å²) in [5, 5.41) is 10.8. The monoisotopic (exact) mass is 390 g/mol.